The Morgan fingerprint density at radius 2 is 2.00 bits per heavy atom. The molecule has 0 saturated heterocycles. The van der Waals surface area contributed by atoms with Crippen molar-refractivity contribution in [2.24, 2.45) is 4.99 Å². The first-order chi connectivity index (χ1) is 9.74. The minimum absolute atomic E-state index is 0.506. The maximum absolute atomic E-state index is 9.19. The highest BCUT2D eigenvalue weighted by atomic mass is 32.1. The second-order valence-corrected chi connectivity index (χ2v) is 5.06. The minimum Gasteiger partial charge on any atom is -0.272 e. The SMILES string of the molecule is Cc1csc([C@H](C#N)C=N[C@H](C#N)c2ccccc2)n1. The van der Waals surface area contributed by atoms with Crippen LogP contribution in [0.1, 0.15) is 28.2 Å². The Bertz CT molecular complexity index is 676. The summed E-state index contributed by atoms with van der Waals surface area (Å²) in [5.74, 6) is -0.506. The second-order valence-electron chi connectivity index (χ2n) is 4.17. The highest BCUT2D eigenvalue weighted by Gasteiger charge is 2.13. The summed E-state index contributed by atoms with van der Waals surface area (Å²) in [6.45, 7) is 1.88. The molecule has 0 bridgehead atoms. The number of nitriles is 2. The number of aliphatic imine (C=N–C) groups is 1. The molecule has 98 valence electrons. The molecule has 2 aromatic rings. The van der Waals surface area contributed by atoms with Gasteiger partial charge >= 0.3 is 0 Å². The lowest BCUT2D eigenvalue weighted by atomic mass is 10.1. The van der Waals surface area contributed by atoms with E-state index in [2.05, 4.69) is 22.1 Å². The molecule has 0 saturated carbocycles. The van der Waals surface area contributed by atoms with Crippen molar-refractivity contribution in [1.82, 2.24) is 4.98 Å². The van der Waals surface area contributed by atoms with Gasteiger partial charge < -0.3 is 0 Å². The number of thiazole rings is 1. The van der Waals surface area contributed by atoms with E-state index in [0.717, 1.165) is 11.3 Å². The Labute approximate surface area is 121 Å². The molecule has 0 amide bonds. The van der Waals surface area contributed by atoms with Crippen molar-refractivity contribution < 1.29 is 0 Å². The predicted octanol–water partition coefficient (Wildman–Crippen LogP) is 3.39. The summed E-state index contributed by atoms with van der Waals surface area (Å²) in [5, 5.41) is 21.0. The van der Waals surface area contributed by atoms with Gasteiger partial charge in [0.15, 0.2) is 6.04 Å². The van der Waals surface area contributed by atoms with E-state index in [9.17, 15) is 10.5 Å². The van der Waals surface area contributed by atoms with Gasteiger partial charge in [0.1, 0.15) is 10.9 Å². The lowest BCUT2D eigenvalue weighted by Gasteiger charge is -2.04. The van der Waals surface area contributed by atoms with Crippen molar-refractivity contribution in [3.63, 3.8) is 0 Å². The monoisotopic (exact) mass is 280 g/mol. The number of aryl methyl sites for hydroxylation is 1. The fraction of sp³-hybridized carbons (Fsp3) is 0.200. The lowest BCUT2D eigenvalue weighted by molar-refractivity contribution is 0.921. The van der Waals surface area contributed by atoms with E-state index in [4.69, 9.17) is 0 Å². The summed E-state index contributed by atoms with van der Waals surface area (Å²) in [7, 11) is 0. The fourth-order valence-corrected chi connectivity index (χ4v) is 2.47. The second kappa shape index (κ2) is 6.60. The van der Waals surface area contributed by atoms with Crippen LogP contribution in [-0.4, -0.2) is 11.2 Å². The van der Waals surface area contributed by atoms with Gasteiger partial charge in [0.05, 0.1) is 12.1 Å². The highest BCUT2D eigenvalue weighted by Crippen LogP contribution is 2.20. The van der Waals surface area contributed by atoms with Crippen LogP contribution in [0.3, 0.4) is 0 Å². The largest absolute Gasteiger partial charge is 0.272 e. The average molecular weight is 280 g/mol. The van der Waals surface area contributed by atoms with Gasteiger partial charge in [-0.25, -0.2) is 4.98 Å². The Kier molecular flexibility index (Phi) is 4.60. The number of aromatic nitrogens is 1. The summed E-state index contributed by atoms with van der Waals surface area (Å²) < 4.78 is 0. The molecule has 4 nitrogen and oxygen atoms in total. The van der Waals surface area contributed by atoms with Crippen LogP contribution >= 0.6 is 11.3 Å². The van der Waals surface area contributed by atoms with E-state index in [1.165, 1.54) is 17.6 Å². The van der Waals surface area contributed by atoms with Crippen molar-refractivity contribution in [2.75, 3.05) is 0 Å². The van der Waals surface area contributed by atoms with Gasteiger partial charge in [0, 0.05) is 17.3 Å². The molecule has 0 radical (unpaired) electrons. The molecular weight excluding hydrogens is 268 g/mol. The molecule has 1 heterocycles. The Balaban J connectivity index is 2.18. The molecule has 2 atom stereocenters. The molecule has 1 aromatic carbocycles. The molecule has 0 aliphatic carbocycles. The van der Waals surface area contributed by atoms with Gasteiger partial charge in [-0.1, -0.05) is 30.3 Å². The maximum atomic E-state index is 9.19. The van der Waals surface area contributed by atoms with Crippen molar-refractivity contribution in [3.05, 3.63) is 52.0 Å². The number of nitrogens with zero attached hydrogens (tertiary/aromatic N) is 4. The molecule has 0 N–H and O–H groups in total. The van der Waals surface area contributed by atoms with Crippen LogP contribution < -0.4 is 0 Å². The Morgan fingerprint density at radius 3 is 2.55 bits per heavy atom. The van der Waals surface area contributed by atoms with Gasteiger partial charge in [-0.05, 0) is 12.5 Å². The molecule has 0 aliphatic heterocycles. The minimum atomic E-state index is -0.590. The van der Waals surface area contributed by atoms with Crippen molar-refractivity contribution in [2.45, 2.75) is 18.9 Å². The molecule has 0 spiro atoms. The number of rotatable bonds is 4. The number of benzene rings is 1. The van der Waals surface area contributed by atoms with E-state index in [1.807, 2.05) is 42.6 Å². The molecule has 0 fully saturated rings. The van der Waals surface area contributed by atoms with Gasteiger partial charge in [-0.3, -0.25) is 4.99 Å². The number of hydrogen-bond acceptors (Lipinski definition) is 5. The third-order valence-electron chi connectivity index (χ3n) is 2.66. The van der Waals surface area contributed by atoms with Crippen LogP contribution in [0.4, 0.5) is 0 Å². The smallest absolute Gasteiger partial charge is 0.161 e. The molecule has 20 heavy (non-hydrogen) atoms. The standard InChI is InChI=1S/C15H12N4S/c1-11-10-20-15(19-11)13(7-16)9-18-14(8-17)12-5-3-2-4-6-12/h2-6,9-10,13-14H,1H3/t13-,14-/m1/s1. The first-order valence-electron chi connectivity index (χ1n) is 6.04. The van der Waals surface area contributed by atoms with Gasteiger partial charge in [-0.2, -0.15) is 10.5 Å². The zero-order valence-electron chi connectivity index (χ0n) is 10.9. The van der Waals surface area contributed by atoms with E-state index < -0.39 is 12.0 Å². The quantitative estimate of drug-likeness (QED) is 0.806. The zero-order chi connectivity index (χ0) is 14.4. The van der Waals surface area contributed by atoms with Crippen LogP contribution in [0, 0.1) is 29.6 Å². The fourth-order valence-electron chi connectivity index (χ4n) is 1.67. The predicted molar refractivity (Wildman–Crippen MR) is 78.5 cm³/mol. The molecule has 2 rings (SSSR count). The van der Waals surface area contributed by atoms with Crippen molar-refractivity contribution in [3.8, 4) is 12.1 Å². The number of hydrogen-bond donors (Lipinski definition) is 0. The van der Waals surface area contributed by atoms with E-state index in [1.54, 1.807) is 0 Å². The topological polar surface area (TPSA) is 72.8 Å². The Hall–Kier alpha value is -2.50. The van der Waals surface area contributed by atoms with Crippen LogP contribution in [0.15, 0.2) is 40.7 Å². The third kappa shape index (κ3) is 3.28. The van der Waals surface area contributed by atoms with E-state index in [-0.39, 0.29) is 0 Å². The van der Waals surface area contributed by atoms with Gasteiger partial charge in [0.2, 0.25) is 0 Å². The molecule has 5 heteroatoms. The summed E-state index contributed by atoms with van der Waals surface area (Å²) >= 11 is 1.43. The van der Waals surface area contributed by atoms with Crippen molar-refractivity contribution in [1.29, 1.82) is 10.5 Å². The average Bonchev–Trinajstić information content (AvgIpc) is 2.91. The molecule has 0 unspecified atom stereocenters. The molecule has 1 aromatic heterocycles. The van der Waals surface area contributed by atoms with E-state index in [0.29, 0.717) is 5.01 Å². The van der Waals surface area contributed by atoms with Crippen LogP contribution in [0.5, 0.6) is 0 Å². The summed E-state index contributed by atoms with van der Waals surface area (Å²) in [4.78, 5) is 8.51. The Morgan fingerprint density at radius 1 is 1.25 bits per heavy atom. The maximum Gasteiger partial charge on any atom is 0.161 e. The van der Waals surface area contributed by atoms with Gasteiger partial charge in [0.25, 0.3) is 0 Å². The van der Waals surface area contributed by atoms with Crippen LogP contribution in [-0.2, 0) is 0 Å². The van der Waals surface area contributed by atoms with Crippen LogP contribution in [0.2, 0.25) is 0 Å². The normalized spacial score (nSPS) is 13.6. The van der Waals surface area contributed by atoms with Crippen LogP contribution in [0.25, 0.3) is 0 Å². The summed E-state index contributed by atoms with van der Waals surface area (Å²) in [6.07, 6.45) is 1.51. The van der Waals surface area contributed by atoms with Gasteiger partial charge in [-0.15, -0.1) is 11.3 Å². The van der Waals surface area contributed by atoms with E-state index >= 15 is 0 Å². The summed E-state index contributed by atoms with van der Waals surface area (Å²) in [5.41, 5.74) is 1.71. The first-order valence-corrected chi connectivity index (χ1v) is 6.92. The van der Waals surface area contributed by atoms with Crippen molar-refractivity contribution >= 4 is 17.6 Å². The third-order valence-corrected chi connectivity index (χ3v) is 3.71. The highest BCUT2D eigenvalue weighted by molar-refractivity contribution is 7.09. The first kappa shape index (κ1) is 13.9. The summed E-state index contributed by atoms with van der Waals surface area (Å²) in [6, 6.07) is 13.0. The lowest BCUT2D eigenvalue weighted by Crippen LogP contribution is -1.99. The molecule has 0 aliphatic rings. The molecular formula is C15H12N4S. The zero-order valence-corrected chi connectivity index (χ0v) is 11.7.